The van der Waals surface area contributed by atoms with E-state index in [2.05, 4.69) is 26.6 Å². The van der Waals surface area contributed by atoms with Gasteiger partial charge in [0.15, 0.2) is 0 Å². The molecule has 0 saturated carbocycles. The number of anilines is 1. The van der Waals surface area contributed by atoms with Crippen LogP contribution in [0.3, 0.4) is 0 Å². The number of amides is 2. The number of benzene rings is 1. The number of carboxylic acid groups (broad SMARTS) is 1. The molecule has 100 valence electrons. The van der Waals surface area contributed by atoms with Gasteiger partial charge in [-0.1, -0.05) is 0 Å². The minimum Gasteiger partial charge on any atom is -0.478 e. The predicted octanol–water partition coefficient (Wildman–Crippen LogP) is 1.36. The molecule has 0 spiro atoms. The Balaban J connectivity index is 2.14. The van der Waals surface area contributed by atoms with Crippen molar-refractivity contribution in [2.24, 2.45) is 0 Å². The fourth-order valence-electron chi connectivity index (χ4n) is 1.78. The van der Waals surface area contributed by atoms with E-state index in [4.69, 9.17) is 5.11 Å². The Labute approximate surface area is 117 Å². The molecule has 0 radical (unpaired) electrons. The molecule has 1 heterocycles. The van der Waals surface area contributed by atoms with Gasteiger partial charge in [0.2, 0.25) is 11.8 Å². The first-order chi connectivity index (χ1) is 8.97. The molecule has 1 aliphatic rings. The Morgan fingerprint density at radius 1 is 1.42 bits per heavy atom. The zero-order chi connectivity index (χ0) is 14.0. The van der Waals surface area contributed by atoms with Crippen LogP contribution in [0, 0.1) is 0 Å². The Morgan fingerprint density at radius 2 is 2.16 bits per heavy atom. The van der Waals surface area contributed by atoms with E-state index in [0.29, 0.717) is 23.0 Å². The van der Waals surface area contributed by atoms with Gasteiger partial charge in [0, 0.05) is 10.9 Å². The first kappa shape index (κ1) is 13.5. The van der Waals surface area contributed by atoms with E-state index in [1.165, 1.54) is 12.1 Å². The molecule has 2 rings (SSSR count). The van der Waals surface area contributed by atoms with Gasteiger partial charge >= 0.3 is 5.97 Å². The van der Waals surface area contributed by atoms with Crippen LogP contribution in [0.25, 0.3) is 0 Å². The van der Waals surface area contributed by atoms with Crippen molar-refractivity contribution in [2.75, 3.05) is 5.32 Å². The molecule has 1 atom stereocenters. The number of hydrogen-bond donors (Lipinski definition) is 3. The molecule has 7 heteroatoms. The molecule has 0 aliphatic carbocycles. The topological polar surface area (TPSA) is 95.5 Å². The number of carboxylic acids is 1. The summed E-state index contributed by atoms with van der Waals surface area (Å²) in [5, 5.41) is 14.0. The second-order valence-electron chi connectivity index (χ2n) is 4.15. The van der Waals surface area contributed by atoms with Crippen molar-refractivity contribution in [2.45, 2.75) is 18.9 Å². The molecule has 6 nitrogen and oxygen atoms in total. The maximum absolute atomic E-state index is 11.9. The van der Waals surface area contributed by atoms with E-state index in [9.17, 15) is 14.4 Å². The van der Waals surface area contributed by atoms with Crippen molar-refractivity contribution < 1.29 is 19.5 Å². The minimum absolute atomic E-state index is 0.0777. The summed E-state index contributed by atoms with van der Waals surface area (Å²) >= 11 is 3.23. The van der Waals surface area contributed by atoms with Crippen LogP contribution in [0.4, 0.5) is 5.69 Å². The zero-order valence-corrected chi connectivity index (χ0v) is 11.4. The first-order valence-corrected chi connectivity index (χ1v) is 6.40. The maximum atomic E-state index is 11.9. The molecule has 3 N–H and O–H groups in total. The van der Waals surface area contributed by atoms with Gasteiger partial charge in [-0.05, 0) is 40.5 Å². The summed E-state index contributed by atoms with van der Waals surface area (Å²) in [5.41, 5.74) is 0.444. The minimum atomic E-state index is -1.07. The van der Waals surface area contributed by atoms with Crippen LogP contribution in [0.5, 0.6) is 0 Å². The first-order valence-electron chi connectivity index (χ1n) is 5.60. The fraction of sp³-hybridized carbons (Fsp3) is 0.250. The summed E-state index contributed by atoms with van der Waals surface area (Å²) in [4.78, 5) is 33.8. The number of nitrogens with one attached hydrogen (secondary N) is 2. The number of aromatic carboxylic acids is 1. The summed E-state index contributed by atoms with van der Waals surface area (Å²) in [6, 6.07) is 3.78. The van der Waals surface area contributed by atoms with E-state index in [0.717, 1.165) is 0 Å². The van der Waals surface area contributed by atoms with Crippen LogP contribution in [0.2, 0.25) is 0 Å². The van der Waals surface area contributed by atoms with Crippen LogP contribution < -0.4 is 10.6 Å². The Morgan fingerprint density at radius 3 is 2.74 bits per heavy atom. The lowest BCUT2D eigenvalue weighted by molar-refractivity contribution is -0.122. The zero-order valence-electron chi connectivity index (χ0n) is 9.77. The van der Waals surface area contributed by atoms with Crippen LogP contribution in [0.15, 0.2) is 22.7 Å². The van der Waals surface area contributed by atoms with Crippen LogP contribution in [-0.2, 0) is 9.59 Å². The van der Waals surface area contributed by atoms with Gasteiger partial charge < -0.3 is 15.7 Å². The molecule has 1 fully saturated rings. The molecular formula is C12H11BrN2O4. The highest BCUT2D eigenvalue weighted by Gasteiger charge is 2.27. The molecule has 1 aromatic rings. The average Bonchev–Trinajstić information content (AvgIpc) is 2.78. The van der Waals surface area contributed by atoms with Crippen molar-refractivity contribution in [1.29, 1.82) is 0 Å². The summed E-state index contributed by atoms with van der Waals surface area (Å²) in [6.45, 7) is 0. The second kappa shape index (κ2) is 5.40. The number of halogens is 1. The van der Waals surface area contributed by atoms with Gasteiger partial charge in [0.25, 0.3) is 0 Å². The highest BCUT2D eigenvalue weighted by Crippen LogP contribution is 2.24. The van der Waals surface area contributed by atoms with E-state index < -0.39 is 12.0 Å². The average molecular weight is 327 g/mol. The van der Waals surface area contributed by atoms with Gasteiger partial charge in [-0.3, -0.25) is 9.59 Å². The quantitative estimate of drug-likeness (QED) is 0.781. The van der Waals surface area contributed by atoms with E-state index in [1.54, 1.807) is 6.07 Å². The maximum Gasteiger partial charge on any atom is 0.335 e. The summed E-state index contributed by atoms with van der Waals surface area (Å²) < 4.78 is 0.579. The summed E-state index contributed by atoms with van der Waals surface area (Å²) in [7, 11) is 0. The van der Waals surface area contributed by atoms with E-state index in [-0.39, 0.29) is 17.4 Å². The molecular weight excluding hydrogens is 316 g/mol. The third-order valence-electron chi connectivity index (χ3n) is 2.78. The van der Waals surface area contributed by atoms with Crippen molar-refractivity contribution in [3.8, 4) is 0 Å². The van der Waals surface area contributed by atoms with E-state index >= 15 is 0 Å². The lowest BCUT2D eigenvalue weighted by Crippen LogP contribution is -2.37. The largest absolute Gasteiger partial charge is 0.478 e. The number of hydrogen-bond acceptors (Lipinski definition) is 3. The Bertz CT molecular complexity index is 559. The fourth-order valence-corrected chi connectivity index (χ4v) is 2.13. The van der Waals surface area contributed by atoms with Crippen molar-refractivity contribution in [3.05, 3.63) is 28.2 Å². The molecule has 1 aliphatic heterocycles. The molecule has 2 amide bonds. The standard InChI is InChI=1S/C12H11BrN2O4/c13-7-2-1-6(12(18)19)5-9(7)15-11(17)8-3-4-10(16)14-8/h1-2,5,8H,3-4H2,(H,14,16)(H,15,17)(H,18,19)/t8-/m0/s1. The van der Waals surface area contributed by atoms with Gasteiger partial charge in [-0.25, -0.2) is 4.79 Å². The van der Waals surface area contributed by atoms with Crippen molar-refractivity contribution in [1.82, 2.24) is 5.32 Å². The lowest BCUT2D eigenvalue weighted by atomic mass is 10.2. The van der Waals surface area contributed by atoms with Crippen LogP contribution in [0.1, 0.15) is 23.2 Å². The monoisotopic (exact) mass is 326 g/mol. The highest BCUT2D eigenvalue weighted by atomic mass is 79.9. The molecule has 1 aromatic carbocycles. The molecule has 0 bridgehead atoms. The predicted molar refractivity (Wildman–Crippen MR) is 70.9 cm³/mol. The number of rotatable bonds is 3. The Kier molecular flexibility index (Phi) is 3.84. The smallest absolute Gasteiger partial charge is 0.335 e. The molecule has 1 saturated heterocycles. The second-order valence-corrected chi connectivity index (χ2v) is 5.00. The summed E-state index contributed by atoms with van der Waals surface area (Å²) in [5.74, 6) is -1.58. The molecule has 0 aromatic heterocycles. The summed E-state index contributed by atoms with van der Waals surface area (Å²) in [6.07, 6.45) is 0.773. The SMILES string of the molecule is O=C1CC[C@@H](C(=O)Nc2cc(C(=O)O)ccc2Br)N1. The third-order valence-corrected chi connectivity index (χ3v) is 3.47. The number of carbonyl (C=O) groups excluding carboxylic acids is 2. The number of carbonyl (C=O) groups is 3. The van der Waals surface area contributed by atoms with Crippen LogP contribution >= 0.6 is 15.9 Å². The molecule has 19 heavy (non-hydrogen) atoms. The van der Waals surface area contributed by atoms with Gasteiger partial charge in [-0.15, -0.1) is 0 Å². The normalized spacial score (nSPS) is 17.9. The van der Waals surface area contributed by atoms with Crippen molar-refractivity contribution >= 4 is 39.4 Å². The Hall–Kier alpha value is -1.89. The highest BCUT2D eigenvalue weighted by molar-refractivity contribution is 9.10. The molecule has 0 unspecified atom stereocenters. The third kappa shape index (κ3) is 3.11. The lowest BCUT2D eigenvalue weighted by Gasteiger charge is -2.12. The van der Waals surface area contributed by atoms with Gasteiger partial charge in [0.05, 0.1) is 11.3 Å². The van der Waals surface area contributed by atoms with Gasteiger partial charge in [-0.2, -0.15) is 0 Å². The van der Waals surface area contributed by atoms with E-state index in [1.807, 2.05) is 0 Å². The van der Waals surface area contributed by atoms with Crippen molar-refractivity contribution in [3.63, 3.8) is 0 Å². The van der Waals surface area contributed by atoms with Gasteiger partial charge in [0.1, 0.15) is 6.04 Å². The van der Waals surface area contributed by atoms with Crippen LogP contribution in [-0.4, -0.2) is 28.9 Å².